The van der Waals surface area contributed by atoms with E-state index in [9.17, 15) is 18.5 Å². The molecular weight excluding hydrogens is 445 g/mol. The molecule has 1 aliphatic heterocycles. The number of carbonyl (C=O) groups excluding carboxylic acids is 1. The maximum absolute atomic E-state index is 13.5. The van der Waals surface area contributed by atoms with E-state index in [2.05, 4.69) is 17.1 Å². The van der Waals surface area contributed by atoms with Crippen LogP contribution in [0.25, 0.3) is 22.3 Å². The summed E-state index contributed by atoms with van der Waals surface area (Å²) in [5.74, 6) is -0.318. The maximum atomic E-state index is 13.5. The SMILES string of the molecule is CNC(=O)c1c(-c2ccc(F)cc2)oc2cc3c(cc12)C(C)N(CCCO)CCN3S(C)=O. The van der Waals surface area contributed by atoms with Crippen molar-refractivity contribution in [2.24, 2.45) is 0 Å². The Morgan fingerprint density at radius 3 is 2.64 bits per heavy atom. The Hall–Kier alpha value is -2.75. The lowest BCUT2D eigenvalue weighted by molar-refractivity contribution is 0.0964. The summed E-state index contributed by atoms with van der Waals surface area (Å²) < 4.78 is 34.1. The van der Waals surface area contributed by atoms with E-state index in [1.807, 2.05) is 16.4 Å². The zero-order valence-corrected chi connectivity index (χ0v) is 19.7. The van der Waals surface area contributed by atoms with Gasteiger partial charge >= 0.3 is 0 Å². The topological polar surface area (TPSA) is 86.0 Å². The summed E-state index contributed by atoms with van der Waals surface area (Å²) in [5.41, 5.74) is 3.20. The van der Waals surface area contributed by atoms with Crippen molar-refractivity contribution in [2.45, 2.75) is 19.4 Å². The van der Waals surface area contributed by atoms with Crippen LogP contribution >= 0.6 is 0 Å². The second kappa shape index (κ2) is 9.62. The minimum absolute atomic E-state index is 0.0220. The number of rotatable bonds is 6. The van der Waals surface area contributed by atoms with Crippen molar-refractivity contribution in [3.05, 3.63) is 53.3 Å². The van der Waals surface area contributed by atoms with Gasteiger partial charge in [0.25, 0.3) is 5.91 Å². The number of hydrogen-bond acceptors (Lipinski definition) is 5. The molecule has 3 aromatic rings. The van der Waals surface area contributed by atoms with Gasteiger partial charge in [0.05, 0.1) is 11.3 Å². The summed E-state index contributed by atoms with van der Waals surface area (Å²) in [6.45, 7) is 4.13. The van der Waals surface area contributed by atoms with Gasteiger partial charge in [-0.25, -0.2) is 8.60 Å². The maximum Gasteiger partial charge on any atom is 0.255 e. The van der Waals surface area contributed by atoms with Gasteiger partial charge in [0.1, 0.15) is 28.1 Å². The molecule has 2 aromatic carbocycles. The summed E-state index contributed by atoms with van der Waals surface area (Å²) >= 11 is 0. The summed E-state index contributed by atoms with van der Waals surface area (Å²) in [5, 5.41) is 12.6. The molecule has 33 heavy (non-hydrogen) atoms. The quantitative estimate of drug-likeness (QED) is 0.573. The number of aliphatic hydroxyl groups excluding tert-OH is 1. The molecule has 1 amide bonds. The summed E-state index contributed by atoms with van der Waals surface area (Å²) in [4.78, 5) is 15.1. The van der Waals surface area contributed by atoms with Crippen LogP contribution in [0.5, 0.6) is 0 Å². The molecule has 2 unspecified atom stereocenters. The molecular formula is C24H28FN3O4S. The third-order valence-electron chi connectivity index (χ3n) is 6.17. The van der Waals surface area contributed by atoms with Crippen molar-refractivity contribution >= 4 is 33.5 Å². The molecule has 0 radical (unpaired) electrons. The molecule has 0 saturated heterocycles. The summed E-state index contributed by atoms with van der Waals surface area (Å²) in [7, 11) is 0.300. The van der Waals surface area contributed by atoms with E-state index in [0.29, 0.717) is 53.9 Å². The number of furan rings is 1. The van der Waals surface area contributed by atoms with Gasteiger partial charge < -0.3 is 14.8 Å². The lowest BCUT2D eigenvalue weighted by Gasteiger charge is -2.27. The van der Waals surface area contributed by atoms with Gasteiger partial charge in [0.2, 0.25) is 0 Å². The summed E-state index contributed by atoms with van der Waals surface area (Å²) in [6, 6.07) is 9.58. The molecule has 0 spiro atoms. The second-order valence-corrected chi connectivity index (χ2v) is 9.40. The van der Waals surface area contributed by atoms with Gasteiger partial charge in [-0.05, 0) is 49.2 Å². The standard InChI is InChI=1S/C24H28FN3O4S/c1-15-18-13-19-21(14-20(18)28(33(3)31)11-10-27(15)9-4-12-29)32-23(22(19)24(30)26-2)16-5-7-17(25)8-6-16/h5-8,13-15,29H,4,9-12H2,1-3H3,(H,26,30). The number of amides is 1. The predicted molar refractivity (Wildman–Crippen MR) is 128 cm³/mol. The van der Waals surface area contributed by atoms with E-state index in [1.165, 1.54) is 12.1 Å². The fourth-order valence-electron chi connectivity index (χ4n) is 4.43. The average Bonchev–Trinajstić information content (AvgIpc) is 3.11. The Balaban J connectivity index is 1.95. The highest BCUT2D eigenvalue weighted by Gasteiger charge is 2.30. The molecule has 2 atom stereocenters. The van der Waals surface area contributed by atoms with Crippen molar-refractivity contribution in [1.82, 2.24) is 10.2 Å². The highest BCUT2D eigenvalue weighted by Crippen LogP contribution is 2.41. The van der Waals surface area contributed by atoms with Crippen LogP contribution in [0.4, 0.5) is 10.1 Å². The van der Waals surface area contributed by atoms with Crippen LogP contribution in [0, 0.1) is 5.82 Å². The number of nitrogens with zero attached hydrogens (tertiary/aromatic N) is 2. The van der Waals surface area contributed by atoms with Crippen molar-refractivity contribution in [3.8, 4) is 11.3 Å². The number of halogens is 1. The van der Waals surface area contributed by atoms with Crippen molar-refractivity contribution in [1.29, 1.82) is 0 Å². The lowest BCUT2D eigenvalue weighted by Crippen LogP contribution is -2.34. The number of fused-ring (bicyclic) bond motifs is 2. The minimum Gasteiger partial charge on any atom is -0.455 e. The van der Waals surface area contributed by atoms with Crippen LogP contribution in [0.15, 0.2) is 40.8 Å². The van der Waals surface area contributed by atoms with E-state index >= 15 is 0 Å². The molecule has 176 valence electrons. The Kier molecular flexibility index (Phi) is 6.83. The molecule has 0 saturated carbocycles. The number of aliphatic hydroxyl groups is 1. The molecule has 0 bridgehead atoms. The lowest BCUT2D eigenvalue weighted by atomic mass is 9.99. The fourth-order valence-corrected chi connectivity index (χ4v) is 5.20. The number of anilines is 1. The van der Waals surface area contributed by atoms with Crippen LogP contribution in [0.3, 0.4) is 0 Å². The van der Waals surface area contributed by atoms with Crippen LogP contribution in [-0.4, -0.2) is 59.7 Å². The zero-order valence-electron chi connectivity index (χ0n) is 18.9. The molecule has 1 aromatic heterocycles. The Bertz CT molecular complexity index is 1190. The van der Waals surface area contributed by atoms with Crippen LogP contribution in [-0.2, 0) is 11.0 Å². The van der Waals surface area contributed by atoms with Gasteiger partial charge in [0, 0.05) is 62.6 Å². The number of hydrogen-bond donors (Lipinski definition) is 2. The molecule has 2 N–H and O–H groups in total. The van der Waals surface area contributed by atoms with Crippen molar-refractivity contribution in [2.75, 3.05) is 43.8 Å². The largest absolute Gasteiger partial charge is 0.455 e. The van der Waals surface area contributed by atoms with E-state index in [4.69, 9.17) is 4.42 Å². The Morgan fingerprint density at radius 2 is 2.00 bits per heavy atom. The van der Waals surface area contributed by atoms with Gasteiger partial charge in [-0.15, -0.1) is 0 Å². The minimum atomic E-state index is -1.26. The van der Waals surface area contributed by atoms with Crippen LogP contribution in [0.2, 0.25) is 0 Å². The predicted octanol–water partition coefficient (Wildman–Crippen LogP) is 3.46. The van der Waals surface area contributed by atoms with E-state index < -0.39 is 11.0 Å². The van der Waals surface area contributed by atoms with Crippen LogP contribution in [0.1, 0.15) is 35.3 Å². The zero-order chi connectivity index (χ0) is 23.7. The third-order valence-corrected chi connectivity index (χ3v) is 7.17. The highest BCUT2D eigenvalue weighted by atomic mass is 32.2. The number of nitrogens with one attached hydrogen (secondary N) is 1. The molecule has 1 aliphatic rings. The first-order chi connectivity index (χ1) is 15.8. The van der Waals surface area contributed by atoms with E-state index in [1.54, 1.807) is 25.4 Å². The normalized spacial score (nSPS) is 17.6. The summed E-state index contributed by atoms with van der Waals surface area (Å²) in [6.07, 6.45) is 2.28. The van der Waals surface area contributed by atoms with Gasteiger partial charge in [-0.3, -0.25) is 14.0 Å². The number of benzene rings is 2. The van der Waals surface area contributed by atoms with Crippen molar-refractivity contribution in [3.63, 3.8) is 0 Å². The highest BCUT2D eigenvalue weighted by molar-refractivity contribution is 7.85. The molecule has 4 rings (SSSR count). The smallest absolute Gasteiger partial charge is 0.255 e. The first-order valence-corrected chi connectivity index (χ1v) is 12.4. The fraction of sp³-hybridized carbons (Fsp3) is 0.375. The second-order valence-electron chi connectivity index (χ2n) is 8.11. The van der Waals surface area contributed by atoms with E-state index in [0.717, 1.165) is 11.3 Å². The van der Waals surface area contributed by atoms with Crippen molar-refractivity contribution < 1.29 is 22.9 Å². The monoisotopic (exact) mass is 473 g/mol. The van der Waals surface area contributed by atoms with E-state index in [-0.39, 0.29) is 24.4 Å². The number of carbonyl (C=O) groups is 1. The first-order valence-electron chi connectivity index (χ1n) is 10.9. The molecule has 2 heterocycles. The van der Waals surface area contributed by atoms with Gasteiger partial charge in [-0.1, -0.05) is 0 Å². The van der Waals surface area contributed by atoms with Crippen LogP contribution < -0.4 is 9.62 Å². The molecule has 0 aliphatic carbocycles. The molecule has 0 fully saturated rings. The van der Waals surface area contributed by atoms with Gasteiger partial charge in [-0.2, -0.15) is 0 Å². The first kappa shape index (κ1) is 23.4. The average molecular weight is 474 g/mol. The Labute approximate surface area is 194 Å². The Morgan fingerprint density at radius 1 is 1.27 bits per heavy atom. The molecule has 9 heteroatoms. The molecule has 7 nitrogen and oxygen atoms in total. The third kappa shape index (κ3) is 4.40. The van der Waals surface area contributed by atoms with Gasteiger partial charge in [0.15, 0.2) is 0 Å².